The van der Waals surface area contributed by atoms with Crippen molar-refractivity contribution in [3.63, 3.8) is 0 Å². The maximum atomic E-state index is 11.6. The summed E-state index contributed by atoms with van der Waals surface area (Å²) in [5.74, 6) is 1.76. The number of carbonyl (C=O) groups is 1. The van der Waals surface area contributed by atoms with Gasteiger partial charge in [0.1, 0.15) is 11.9 Å². The van der Waals surface area contributed by atoms with Gasteiger partial charge in [-0.05, 0) is 35.7 Å². The van der Waals surface area contributed by atoms with Gasteiger partial charge in [0.05, 0.1) is 6.54 Å². The molecule has 7 heteroatoms. The number of hydrogen-bond acceptors (Lipinski definition) is 3. The van der Waals surface area contributed by atoms with Crippen molar-refractivity contribution in [3.8, 4) is 5.75 Å². The second kappa shape index (κ2) is 11.6. The smallest absolute Gasteiger partial charge is 0.224 e. The van der Waals surface area contributed by atoms with Crippen molar-refractivity contribution in [2.75, 3.05) is 18.9 Å². The van der Waals surface area contributed by atoms with Gasteiger partial charge >= 0.3 is 0 Å². The average molecular weight is 508 g/mol. The number of nitrogens with one attached hydrogen (secondary N) is 3. The van der Waals surface area contributed by atoms with Crippen molar-refractivity contribution >= 4 is 41.5 Å². The van der Waals surface area contributed by atoms with E-state index in [0.717, 1.165) is 35.8 Å². The predicted octanol–water partition coefficient (Wildman–Crippen LogP) is 3.71. The van der Waals surface area contributed by atoms with Gasteiger partial charge in [-0.3, -0.25) is 9.79 Å². The van der Waals surface area contributed by atoms with Gasteiger partial charge in [0.15, 0.2) is 5.96 Å². The maximum absolute atomic E-state index is 11.6. The van der Waals surface area contributed by atoms with Gasteiger partial charge in [-0.15, -0.1) is 24.0 Å². The number of guanidine groups is 1. The van der Waals surface area contributed by atoms with Crippen LogP contribution in [0, 0.1) is 0 Å². The molecule has 3 N–H and O–H groups in total. The molecule has 0 aromatic heterocycles. The molecular formula is C22H29IN4O2. The van der Waals surface area contributed by atoms with Gasteiger partial charge in [-0.2, -0.15) is 0 Å². The lowest BCUT2D eigenvalue weighted by atomic mass is 10.1. The Balaban J connectivity index is 0.00000300. The highest BCUT2D eigenvalue weighted by molar-refractivity contribution is 14.0. The summed E-state index contributed by atoms with van der Waals surface area (Å²) in [6.45, 7) is 3.33. The fourth-order valence-corrected chi connectivity index (χ4v) is 3.14. The molecule has 1 aliphatic rings. The molecule has 0 spiro atoms. The summed E-state index contributed by atoms with van der Waals surface area (Å²) < 4.78 is 5.95. The number of ether oxygens (including phenoxy) is 1. The Kier molecular flexibility index (Phi) is 9.24. The molecule has 29 heavy (non-hydrogen) atoms. The van der Waals surface area contributed by atoms with Crippen LogP contribution in [-0.4, -0.2) is 31.6 Å². The van der Waals surface area contributed by atoms with E-state index in [2.05, 4.69) is 27.0 Å². The van der Waals surface area contributed by atoms with Crippen LogP contribution in [0.1, 0.15) is 30.9 Å². The molecule has 2 aromatic carbocycles. The van der Waals surface area contributed by atoms with E-state index < -0.39 is 0 Å². The molecular weight excluding hydrogens is 479 g/mol. The monoisotopic (exact) mass is 508 g/mol. The zero-order chi connectivity index (χ0) is 19.8. The number of rotatable bonds is 7. The van der Waals surface area contributed by atoms with Crippen molar-refractivity contribution in [2.45, 2.75) is 38.8 Å². The number of benzene rings is 2. The first-order valence-electron chi connectivity index (χ1n) is 9.75. The van der Waals surface area contributed by atoms with E-state index >= 15 is 0 Å². The van der Waals surface area contributed by atoms with Gasteiger partial charge < -0.3 is 20.7 Å². The number of carbonyl (C=O) groups excluding carboxylic acids is 1. The van der Waals surface area contributed by atoms with E-state index in [4.69, 9.17) is 4.74 Å². The fourth-order valence-electron chi connectivity index (χ4n) is 3.14. The average Bonchev–Trinajstić information content (AvgIpc) is 3.12. The highest BCUT2D eigenvalue weighted by Crippen LogP contribution is 2.27. The zero-order valence-corrected chi connectivity index (χ0v) is 19.2. The van der Waals surface area contributed by atoms with Crippen LogP contribution in [0.2, 0.25) is 0 Å². The largest absolute Gasteiger partial charge is 0.488 e. The minimum atomic E-state index is 0. The van der Waals surface area contributed by atoms with Crippen LogP contribution in [0.4, 0.5) is 5.69 Å². The third kappa shape index (κ3) is 6.92. The van der Waals surface area contributed by atoms with Gasteiger partial charge in [0, 0.05) is 32.1 Å². The molecule has 6 nitrogen and oxygen atoms in total. The van der Waals surface area contributed by atoms with Crippen LogP contribution in [0.15, 0.2) is 53.5 Å². The number of halogens is 1. The number of amides is 1. The Labute approximate surface area is 189 Å². The molecule has 0 saturated carbocycles. The van der Waals surface area contributed by atoms with Gasteiger partial charge in [-0.1, -0.05) is 37.3 Å². The van der Waals surface area contributed by atoms with Gasteiger partial charge in [0.2, 0.25) is 5.91 Å². The van der Waals surface area contributed by atoms with Crippen molar-refractivity contribution in [3.05, 3.63) is 59.7 Å². The highest BCUT2D eigenvalue weighted by atomic mass is 127. The van der Waals surface area contributed by atoms with Gasteiger partial charge in [0.25, 0.3) is 0 Å². The number of para-hydroxylation sites is 1. The lowest BCUT2D eigenvalue weighted by molar-refractivity contribution is -0.116. The van der Waals surface area contributed by atoms with Crippen LogP contribution in [0.5, 0.6) is 5.75 Å². The third-order valence-electron chi connectivity index (χ3n) is 4.61. The summed E-state index contributed by atoms with van der Waals surface area (Å²) in [5.41, 5.74) is 3.19. The Bertz CT molecular complexity index is 799. The van der Waals surface area contributed by atoms with Crippen molar-refractivity contribution in [1.29, 1.82) is 0 Å². The lowest BCUT2D eigenvalue weighted by Crippen LogP contribution is -2.41. The number of anilines is 1. The zero-order valence-electron chi connectivity index (χ0n) is 16.9. The SMILES string of the molecule is CCCC(=O)Nc1ccc(CNC(=NC)NCC2Cc3ccccc3O2)cc1.I. The molecule has 1 atom stereocenters. The molecule has 156 valence electrons. The first-order valence-corrected chi connectivity index (χ1v) is 9.75. The molecule has 3 rings (SSSR count). The van der Waals surface area contributed by atoms with Gasteiger partial charge in [-0.25, -0.2) is 0 Å². The molecule has 1 aliphatic heterocycles. The Morgan fingerprint density at radius 2 is 1.90 bits per heavy atom. The quantitative estimate of drug-likeness (QED) is 0.303. The highest BCUT2D eigenvalue weighted by Gasteiger charge is 2.22. The molecule has 1 heterocycles. The number of fused-ring (bicyclic) bond motifs is 1. The minimum Gasteiger partial charge on any atom is -0.488 e. The molecule has 0 bridgehead atoms. The Morgan fingerprint density at radius 3 is 2.59 bits per heavy atom. The van der Waals surface area contributed by atoms with E-state index in [1.54, 1.807) is 7.05 Å². The van der Waals surface area contributed by atoms with E-state index in [-0.39, 0.29) is 36.0 Å². The Morgan fingerprint density at radius 1 is 1.14 bits per heavy atom. The molecule has 0 aliphatic carbocycles. The minimum absolute atomic E-state index is 0. The molecule has 1 amide bonds. The normalized spacial score (nSPS) is 15.0. The lowest BCUT2D eigenvalue weighted by Gasteiger charge is -2.16. The first kappa shape index (κ1) is 23.0. The van der Waals surface area contributed by atoms with Crippen LogP contribution in [-0.2, 0) is 17.8 Å². The molecule has 1 unspecified atom stereocenters. The predicted molar refractivity (Wildman–Crippen MR) is 128 cm³/mol. The fraction of sp³-hybridized carbons (Fsp3) is 0.364. The van der Waals surface area contributed by atoms with E-state index in [9.17, 15) is 4.79 Å². The second-order valence-corrected chi connectivity index (χ2v) is 6.85. The summed E-state index contributed by atoms with van der Waals surface area (Å²) in [6.07, 6.45) is 2.41. The summed E-state index contributed by atoms with van der Waals surface area (Å²) in [5, 5.41) is 9.53. The van der Waals surface area contributed by atoms with Crippen molar-refractivity contribution < 1.29 is 9.53 Å². The number of hydrogen-bond donors (Lipinski definition) is 3. The number of nitrogens with zero attached hydrogens (tertiary/aromatic N) is 1. The first-order chi connectivity index (χ1) is 13.7. The van der Waals surface area contributed by atoms with Crippen LogP contribution in [0.3, 0.4) is 0 Å². The summed E-state index contributed by atoms with van der Waals surface area (Å²) >= 11 is 0. The Hall–Kier alpha value is -2.29. The molecule has 0 saturated heterocycles. The molecule has 2 aromatic rings. The molecule has 0 fully saturated rings. The van der Waals surface area contributed by atoms with E-state index in [0.29, 0.717) is 19.5 Å². The third-order valence-corrected chi connectivity index (χ3v) is 4.61. The summed E-state index contributed by atoms with van der Waals surface area (Å²) in [7, 11) is 1.76. The van der Waals surface area contributed by atoms with Crippen LogP contribution < -0.4 is 20.7 Å². The van der Waals surface area contributed by atoms with Crippen molar-refractivity contribution in [1.82, 2.24) is 10.6 Å². The standard InChI is InChI=1S/C22H28N4O2.HI/c1-3-6-21(27)26-18-11-9-16(10-12-18)14-24-22(23-2)25-15-19-13-17-7-4-5-8-20(17)28-19;/h4-5,7-12,19H,3,6,13-15H2,1-2H3,(H,26,27)(H2,23,24,25);1H. The van der Waals surface area contributed by atoms with Crippen molar-refractivity contribution in [2.24, 2.45) is 4.99 Å². The summed E-state index contributed by atoms with van der Waals surface area (Å²) in [6, 6.07) is 16.0. The van der Waals surface area contributed by atoms with Crippen LogP contribution >= 0.6 is 24.0 Å². The van der Waals surface area contributed by atoms with E-state index in [1.807, 2.05) is 49.4 Å². The maximum Gasteiger partial charge on any atom is 0.224 e. The number of aliphatic imine (C=N–C) groups is 1. The van der Waals surface area contributed by atoms with E-state index in [1.165, 1.54) is 5.56 Å². The molecule has 0 radical (unpaired) electrons. The second-order valence-electron chi connectivity index (χ2n) is 6.85. The topological polar surface area (TPSA) is 74.8 Å². The summed E-state index contributed by atoms with van der Waals surface area (Å²) in [4.78, 5) is 15.9. The van der Waals surface area contributed by atoms with Crippen LogP contribution in [0.25, 0.3) is 0 Å².